The topological polar surface area (TPSA) is 55.8 Å². The lowest BCUT2D eigenvalue weighted by atomic mass is 10.3. The first-order valence-corrected chi connectivity index (χ1v) is 8.95. The molecule has 0 bridgehead atoms. The number of amides is 1. The number of carbonyl (C=O) groups is 2. The molecule has 0 aromatic heterocycles. The predicted molar refractivity (Wildman–Crippen MR) is 89.6 cm³/mol. The maximum absolute atomic E-state index is 12.2. The van der Waals surface area contributed by atoms with Crippen molar-refractivity contribution in [3.63, 3.8) is 0 Å². The third-order valence-electron chi connectivity index (χ3n) is 3.16. The van der Waals surface area contributed by atoms with Crippen molar-refractivity contribution in [1.82, 2.24) is 4.90 Å². The van der Waals surface area contributed by atoms with Crippen LogP contribution in [0.15, 0.2) is 24.3 Å². The van der Waals surface area contributed by atoms with E-state index in [0.717, 1.165) is 17.5 Å². The molecule has 1 aromatic rings. The molecule has 0 unspecified atom stereocenters. The number of hydrogen-bond donors (Lipinski definition) is 0. The zero-order chi connectivity index (χ0) is 15.9. The molecule has 120 valence electrons. The van der Waals surface area contributed by atoms with Crippen LogP contribution in [0.4, 0.5) is 0 Å². The molecule has 5 nitrogen and oxygen atoms in total. The standard InChI is InChI=1S/C15H19NO4S2/c1-11(17)22-10-14(18)16-7-8-21-15(16)9-20-13-6-4-3-5-12(13)19-2/h3-6,15H,7-10H2,1-2H3/t15-/m1/s1. The van der Waals surface area contributed by atoms with E-state index in [1.165, 1.54) is 6.92 Å². The number of benzene rings is 1. The second-order valence-electron chi connectivity index (χ2n) is 4.65. The first kappa shape index (κ1) is 17.0. The molecule has 1 heterocycles. The Hall–Kier alpha value is -1.34. The van der Waals surface area contributed by atoms with E-state index in [1.807, 2.05) is 24.3 Å². The highest BCUT2D eigenvalue weighted by atomic mass is 32.2. The molecule has 1 saturated heterocycles. The van der Waals surface area contributed by atoms with Gasteiger partial charge in [0, 0.05) is 19.2 Å². The van der Waals surface area contributed by atoms with E-state index >= 15 is 0 Å². The lowest BCUT2D eigenvalue weighted by Gasteiger charge is -2.24. The predicted octanol–water partition coefficient (Wildman–Crippen LogP) is 2.26. The Morgan fingerprint density at radius 2 is 2.09 bits per heavy atom. The SMILES string of the molecule is COc1ccccc1OC[C@H]1SCCN1C(=O)CSC(C)=O. The lowest BCUT2D eigenvalue weighted by molar-refractivity contribution is -0.129. The van der Waals surface area contributed by atoms with E-state index < -0.39 is 0 Å². The van der Waals surface area contributed by atoms with Crippen LogP contribution in [0.5, 0.6) is 11.5 Å². The molecule has 1 fully saturated rings. The Balaban J connectivity index is 1.91. The fourth-order valence-corrected chi connectivity index (χ4v) is 3.72. The quantitative estimate of drug-likeness (QED) is 0.791. The minimum absolute atomic E-state index is 0.0150. The minimum Gasteiger partial charge on any atom is -0.493 e. The highest BCUT2D eigenvalue weighted by Crippen LogP contribution is 2.29. The van der Waals surface area contributed by atoms with Crippen LogP contribution in [0.3, 0.4) is 0 Å². The van der Waals surface area contributed by atoms with E-state index in [-0.39, 0.29) is 22.1 Å². The summed E-state index contributed by atoms with van der Waals surface area (Å²) in [6.45, 7) is 2.57. The molecule has 1 aliphatic rings. The molecule has 1 aliphatic heterocycles. The van der Waals surface area contributed by atoms with E-state index in [2.05, 4.69) is 0 Å². The second kappa shape index (κ2) is 8.33. The van der Waals surface area contributed by atoms with Gasteiger partial charge in [0.25, 0.3) is 0 Å². The summed E-state index contributed by atoms with van der Waals surface area (Å²) in [6.07, 6.45) is 0. The highest BCUT2D eigenvalue weighted by Gasteiger charge is 2.30. The molecule has 7 heteroatoms. The van der Waals surface area contributed by atoms with Crippen LogP contribution < -0.4 is 9.47 Å². The first-order chi connectivity index (χ1) is 10.6. The average molecular weight is 341 g/mol. The molecule has 0 radical (unpaired) electrons. The van der Waals surface area contributed by atoms with E-state index in [9.17, 15) is 9.59 Å². The van der Waals surface area contributed by atoms with Gasteiger partial charge in [-0.2, -0.15) is 0 Å². The number of carbonyl (C=O) groups excluding carboxylic acids is 2. The fraction of sp³-hybridized carbons (Fsp3) is 0.467. The molecule has 0 saturated carbocycles. The van der Waals surface area contributed by atoms with Gasteiger partial charge in [-0.15, -0.1) is 11.8 Å². The second-order valence-corrected chi connectivity index (χ2v) is 7.09. The molecule has 1 amide bonds. The smallest absolute Gasteiger partial charge is 0.234 e. The third-order valence-corrected chi connectivity index (χ3v) is 5.15. The Morgan fingerprint density at radius 1 is 1.36 bits per heavy atom. The zero-order valence-corrected chi connectivity index (χ0v) is 14.2. The maximum atomic E-state index is 12.2. The summed E-state index contributed by atoms with van der Waals surface area (Å²) in [5.41, 5.74) is 0. The van der Waals surface area contributed by atoms with Gasteiger partial charge < -0.3 is 14.4 Å². The summed E-state index contributed by atoms with van der Waals surface area (Å²) in [6, 6.07) is 7.44. The van der Waals surface area contributed by atoms with Crippen LogP contribution in [0.1, 0.15) is 6.92 Å². The number of para-hydroxylation sites is 2. The summed E-state index contributed by atoms with van der Waals surface area (Å²) < 4.78 is 11.1. The first-order valence-electron chi connectivity index (χ1n) is 6.92. The Morgan fingerprint density at radius 3 is 2.77 bits per heavy atom. The monoisotopic (exact) mass is 341 g/mol. The molecular weight excluding hydrogens is 322 g/mol. The summed E-state index contributed by atoms with van der Waals surface area (Å²) in [4.78, 5) is 24.9. The van der Waals surface area contributed by atoms with Gasteiger partial charge in [0.2, 0.25) is 5.91 Å². The molecule has 0 spiro atoms. The van der Waals surface area contributed by atoms with Gasteiger partial charge >= 0.3 is 0 Å². The van der Waals surface area contributed by atoms with Gasteiger partial charge in [0.05, 0.1) is 12.9 Å². The van der Waals surface area contributed by atoms with E-state index in [0.29, 0.717) is 24.7 Å². The van der Waals surface area contributed by atoms with Crippen molar-refractivity contribution in [3.8, 4) is 11.5 Å². The molecular formula is C15H19NO4S2. The number of thioether (sulfide) groups is 2. The normalized spacial score (nSPS) is 17.4. The van der Waals surface area contributed by atoms with Crippen molar-refractivity contribution in [2.45, 2.75) is 12.3 Å². The lowest BCUT2D eigenvalue weighted by Crippen LogP contribution is -2.39. The molecule has 0 aliphatic carbocycles. The summed E-state index contributed by atoms with van der Waals surface area (Å²) >= 11 is 2.74. The van der Waals surface area contributed by atoms with Gasteiger partial charge in [-0.1, -0.05) is 23.9 Å². The van der Waals surface area contributed by atoms with Crippen LogP contribution >= 0.6 is 23.5 Å². The van der Waals surface area contributed by atoms with Crippen molar-refractivity contribution in [2.75, 3.05) is 31.8 Å². The molecule has 2 rings (SSSR count). The van der Waals surface area contributed by atoms with Gasteiger partial charge in [0.15, 0.2) is 16.6 Å². The van der Waals surface area contributed by atoms with Gasteiger partial charge in [-0.3, -0.25) is 9.59 Å². The fourth-order valence-electron chi connectivity index (χ4n) is 2.09. The van der Waals surface area contributed by atoms with Crippen molar-refractivity contribution >= 4 is 34.5 Å². The van der Waals surface area contributed by atoms with Crippen molar-refractivity contribution in [1.29, 1.82) is 0 Å². The summed E-state index contributed by atoms with van der Waals surface area (Å²) in [5.74, 6) is 2.41. The van der Waals surface area contributed by atoms with Crippen LogP contribution in [0, 0.1) is 0 Å². The van der Waals surface area contributed by atoms with Crippen molar-refractivity contribution in [3.05, 3.63) is 24.3 Å². The average Bonchev–Trinajstić information content (AvgIpc) is 2.99. The third kappa shape index (κ3) is 4.58. The van der Waals surface area contributed by atoms with E-state index in [1.54, 1.807) is 23.8 Å². The molecule has 0 N–H and O–H groups in total. The van der Waals surface area contributed by atoms with Crippen molar-refractivity contribution < 1.29 is 19.1 Å². The van der Waals surface area contributed by atoms with Crippen LogP contribution in [-0.2, 0) is 9.59 Å². The van der Waals surface area contributed by atoms with Crippen molar-refractivity contribution in [2.24, 2.45) is 0 Å². The zero-order valence-electron chi connectivity index (χ0n) is 12.6. The number of methoxy groups -OCH3 is 1. The highest BCUT2D eigenvalue weighted by molar-refractivity contribution is 8.14. The van der Waals surface area contributed by atoms with Gasteiger partial charge in [0.1, 0.15) is 12.0 Å². The summed E-state index contributed by atoms with van der Waals surface area (Å²) in [7, 11) is 1.60. The van der Waals surface area contributed by atoms with Gasteiger partial charge in [-0.05, 0) is 12.1 Å². The Labute approximate surface area is 138 Å². The van der Waals surface area contributed by atoms with Gasteiger partial charge in [-0.25, -0.2) is 0 Å². The van der Waals surface area contributed by atoms with Crippen LogP contribution in [0.2, 0.25) is 0 Å². The molecule has 1 atom stereocenters. The maximum Gasteiger partial charge on any atom is 0.234 e. The number of ether oxygens (including phenoxy) is 2. The number of nitrogens with zero attached hydrogens (tertiary/aromatic N) is 1. The molecule has 22 heavy (non-hydrogen) atoms. The van der Waals surface area contributed by atoms with Crippen LogP contribution in [-0.4, -0.2) is 53.1 Å². The summed E-state index contributed by atoms with van der Waals surface area (Å²) in [5, 5.41) is -0.0630. The molecule has 1 aromatic carbocycles. The number of rotatable bonds is 6. The van der Waals surface area contributed by atoms with Crippen LogP contribution in [0.25, 0.3) is 0 Å². The van der Waals surface area contributed by atoms with E-state index in [4.69, 9.17) is 9.47 Å². The Kier molecular flexibility index (Phi) is 6.45. The number of hydrogen-bond acceptors (Lipinski definition) is 6. The largest absolute Gasteiger partial charge is 0.493 e. The minimum atomic E-state index is -0.0398. The Bertz CT molecular complexity index is 538.